The zero-order valence-electron chi connectivity index (χ0n) is 17.6. The summed E-state index contributed by atoms with van der Waals surface area (Å²) in [5, 5.41) is 0. The number of unbranched alkanes of at least 4 members (excludes halogenated alkanes) is 10. The smallest absolute Gasteiger partial charge is 0.338 e. The van der Waals surface area contributed by atoms with Gasteiger partial charge in [-0.3, -0.25) is 0 Å². The molecule has 0 aromatic heterocycles. The summed E-state index contributed by atoms with van der Waals surface area (Å²) in [4.78, 5) is 12.0. The molecule has 0 N–H and O–H groups in total. The van der Waals surface area contributed by atoms with E-state index in [0.29, 0.717) is 5.56 Å². The summed E-state index contributed by atoms with van der Waals surface area (Å²) in [6.07, 6.45) is 21.3. The molecule has 1 rings (SSSR count). The van der Waals surface area contributed by atoms with Crippen LogP contribution in [0.2, 0.25) is 0 Å². The van der Waals surface area contributed by atoms with Crippen molar-refractivity contribution in [2.24, 2.45) is 0 Å². The number of hydrogen-bond acceptors (Lipinski definition) is 2. The van der Waals surface area contributed by atoms with Gasteiger partial charge in [0.2, 0.25) is 0 Å². The van der Waals surface area contributed by atoms with Crippen LogP contribution >= 0.6 is 0 Å². The van der Waals surface area contributed by atoms with Gasteiger partial charge in [-0.05, 0) is 51.2 Å². The molecule has 1 unspecified atom stereocenters. The van der Waals surface area contributed by atoms with Gasteiger partial charge in [0.25, 0.3) is 0 Å². The van der Waals surface area contributed by atoms with E-state index in [-0.39, 0.29) is 12.1 Å². The van der Waals surface area contributed by atoms with Crippen molar-refractivity contribution in [1.82, 2.24) is 0 Å². The van der Waals surface area contributed by atoms with Crippen LogP contribution in [0.25, 0.3) is 0 Å². The van der Waals surface area contributed by atoms with E-state index in [9.17, 15) is 4.79 Å². The zero-order chi connectivity index (χ0) is 19.6. The predicted molar refractivity (Wildman–Crippen MR) is 116 cm³/mol. The number of ether oxygens (including phenoxy) is 1. The van der Waals surface area contributed by atoms with Crippen LogP contribution in [0.1, 0.15) is 108 Å². The topological polar surface area (TPSA) is 26.3 Å². The number of esters is 1. The number of carbonyl (C=O) groups excluding carboxylic acids is 1. The third-order valence-corrected chi connectivity index (χ3v) is 4.92. The fourth-order valence-corrected chi connectivity index (χ4v) is 3.22. The van der Waals surface area contributed by atoms with Crippen molar-refractivity contribution in [3.63, 3.8) is 0 Å². The Morgan fingerprint density at radius 3 is 2.04 bits per heavy atom. The molecule has 0 heterocycles. The second-order valence-corrected chi connectivity index (χ2v) is 7.60. The first-order chi connectivity index (χ1) is 13.2. The average molecular weight is 373 g/mol. The quantitative estimate of drug-likeness (QED) is 0.167. The molecule has 152 valence electrons. The SMILES string of the molecule is CCC/C=C/CCCCCCCCCCCC(C)OC(=O)c1ccccc1. The van der Waals surface area contributed by atoms with Gasteiger partial charge in [-0.15, -0.1) is 0 Å². The Kier molecular flexibility index (Phi) is 14.4. The van der Waals surface area contributed by atoms with E-state index < -0.39 is 0 Å². The minimum absolute atomic E-state index is 0.00378. The monoisotopic (exact) mass is 372 g/mol. The summed E-state index contributed by atoms with van der Waals surface area (Å²) in [5.74, 6) is -0.205. The molecule has 2 heteroatoms. The lowest BCUT2D eigenvalue weighted by molar-refractivity contribution is 0.0319. The molecule has 0 aliphatic carbocycles. The first-order valence-electron chi connectivity index (χ1n) is 11.1. The van der Waals surface area contributed by atoms with Gasteiger partial charge in [-0.25, -0.2) is 4.79 Å². The summed E-state index contributed by atoms with van der Waals surface area (Å²) in [5.41, 5.74) is 0.640. The number of carbonyl (C=O) groups is 1. The number of benzene rings is 1. The second-order valence-electron chi connectivity index (χ2n) is 7.60. The van der Waals surface area contributed by atoms with Crippen LogP contribution < -0.4 is 0 Å². The lowest BCUT2D eigenvalue weighted by Crippen LogP contribution is -2.14. The molecule has 1 aromatic rings. The van der Waals surface area contributed by atoms with E-state index in [4.69, 9.17) is 4.74 Å². The van der Waals surface area contributed by atoms with E-state index in [1.165, 1.54) is 70.6 Å². The standard InChI is InChI=1S/C25H40O2/c1-3-4-5-6-7-8-9-10-11-12-13-14-15-17-20-23(2)27-25(26)24-21-18-16-19-22-24/h5-6,16,18-19,21-23H,3-4,7-15,17,20H2,1-2H3/b6-5+. The van der Waals surface area contributed by atoms with Gasteiger partial charge in [-0.2, -0.15) is 0 Å². The Labute approximate surface area is 167 Å². The van der Waals surface area contributed by atoms with Crippen LogP contribution in [0.3, 0.4) is 0 Å². The second kappa shape index (κ2) is 16.6. The number of hydrogen-bond donors (Lipinski definition) is 0. The van der Waals surface area contributed by atoms with E-state index in [0.717, 1.165) is 12.8 Å². The minimum atomic E-state index is -0.205. The van der Waals surface area contributed by atoms with E-state index >= 15 is 0 Å². The minimum Gasteiger partial charge on any atom is -0.459 e. The van der Waals surface area contributed by atoms with E-state index in [2.05, 4.69) is 19.1 Å². The maximum Gasteiger partial charge on any atom is 0.338 e. The van der Waals surface area contributed by atoms with Gasteiger partial charge in [0.05, 0.1) is 11.7 Å². The molecule has 2 nitrogen and oxygen atoms in total. The summed E-state index contributed by atoms with van der Waals surface area (Å²) in [6, 6.07) is 9.25. The van der Waals surface area contributed by atoms with Crippen molar-refractivity contribution < 1.29 is 9.53 Å². The molecule has 0 spiro atoms. The van der Waals surface area contributed by atoms with Crippen molar-refractivity contribution in [1.29, 1.82) is 0 Å². The molecule has 1 atom stereocenters. The fourth-order valence-electron chi connectivity index (χ4n) is 3.22. The van der Waals surface area contributed by atoms with Gasteiger partial charge >= 0.3 is 5.97 Å². The summed E-state index contributed by atoms with van der Waals surface area (Å²) in [7, 11) is 0. The molecule has 0 fully saturated rings. The largest absolute Gasteiger partial charge is 0.459 e. The van der Waals surface area contributed by atoms with Crippen molar-refractivity contribution in [2.45, 2.75) is 103 Å². The molecule has 0 aliphatic heterocycles. The zero-order valence-corrected chi connectivity index (χ0v) is 17.6. The molecule has 0 saturated heterocycles. The maximum atomic E-state index is 12.0. The Hall–Kier alpha value is -1.57. The van der Waals surface area contributed by atoms with Crippen molar-refractivity contribution in [3.8, 4) is 0 Å². The molecular weight excluding hydrogens is 332 g/mol. The first kappa shape index (κ1) is 23.5. The summed E-state index contributed by atoms with van der Waals surface area (Å²) < 4.78 is 5.51. The molecule has 0 bridgehead atoms. The average Bonchev–Trinajstić information content (AvgIpc) is 2.69. The normalized spacial score (nSPS) is 12.4. The van der Waals surface area contributed by atoms with Crippen molar-refractivity contribution in [2.75, 3.05) is 0 Å². The number of rotatable bonds is 16. The van der Waals surface area contributed by atoms with Crippen LogP contribution in [0.15, 0.2) is 42.5 Å². The van der Waals surface area contributed by atoms with Crippen molar-refractivity contribution >= 4 is 5.97 Å². The van der Waals surface area contributed by atoms with Crippen LogP contribution in [-0.4, -0.2) is 12.1 Å². The van der Waals surface area contributed by atoms with Crippen LogP contribution in [0, 0.1) is 0 Å². The van der Waals surface area contributed by atoms with E-state index in [1.54, 1.807) is 12.1 Å². The Bertz CT molecular complexity index is 492. The van der Waals surface area contributed by atoms with Gasteiger partial charge in [0.1, 0.15) is 0 Å². The predicted octanol–water partition coefficient (Wildman–Crippen LogP) is 7.88. The van der Waals surface area contributed by atoms with Gasteiger partial charge < -0.3 is 4.74 Å². The third-order valence-electron chi connectivity index (χ3n) is 4.92. The Morgan fingerprint density at radius 2 is 1.41 bits per heavy atom. The van der Waals surface area contributed by atoms with Gasteiger partial charge in [0.15, 0.2) is 0 Å². The maximum absolute atomic E-state index is 12.0. The van der Waals surface area contributed by atoms with Gasteiger partial charge in [0, 0.05) is 0 Å². The van der Waals surface area contributed by atoms with Crippen LogP contribution in [-0.2, 0) is 4.74 Å². The first-order valence-corrected chi connectivity index (χ1v) is 11.1. The lowest BCUT2D eigenvalue weighted by atomic mass is 10.0. The van der Waals surface area contributed by atoms with Crippen molar-refractivity contribution in [3.05, 3.63) is 48.0 Å². The van der Waals surface area contributed by atoms with E-state index in [1.807, 2.05) is 25.1 Å². The molecule has 0 saturated carbocycles. The highest BCUT2D eigenvalue weighted by Gasteiger charge is 2.10. The molecule has 0 radical (unpaired) electrons. The highest BCUT2D eigenvalue weighted by Crippen LogP contribution is 2.14. The number of allylic oxidation sites excluding steroid dienone is 2. The molecule has 1 aromatic carbocycles. The fraction of sp³-hybridized carbons (Fsp3) is 0.640. The molecule has 27 heavy (non-hydrogen) atoms. The molecule has 0 aliphatic rings. The lowest BCUT2D eigenvalue weighted by Gasteiger charge is -2.13. The Morgan fingerprint density at radius 1 is 0.852 bits per heavy atom. The third kappa shape index (κ3) is 13.3. The summed E-state index contributed by atoms with van der Waals surface area (Å²) in [6.45, 7) is 4.23. The van der Waals surface area contributed by atoms with Crippen LogP contribution in [0.5, 0.6) is 0 Å². The molecular formula is C25H40O2. The molecule has 0 amide bonds. The Balaban J connectivity index is 1.87. The van der Waals surface area contributed by atoms with Crippen LogP contribution in [0.4, 0.5) is 0 Å². The summed E-state index contributed by atoms with van der Waals surface area (Å²) >= 11 is 0. The van der Waals surface area contributed by atoms with Gasteiger partial charge in [-0.1, -0.05) is 88.6 Å². The highest BCUT2D eigenvalue weighted by molar-refractivity contribution is 5.89. The highest BCUT2D eigenvalue weighted by atomic mass is 16.5.